The van der Waals surface area contributed by atoms with Crippen molar-refractivity contribution in [3.05, 3.63) is 12.2 Å². The van der Waals surface area contributed by atoms with Crippen LogP contribution >= 0.6 is 0 Å². The molecule has 1 aliphatic carbocycles. The molecule has 112 valence electrons. The minimum absolute atomic E-state index is 0.0230. The van der Waals surface area contributed by atoms with E-state index in [0.717, 1.165) is 0 Å². The number of rotatable bonds is 2. The predicted molar refractivity (Wildman–Crippen MR) is 74.2 cm³/mol. The fraction of sp³-hybridized carbons (Fsp3) is 0.733. The molecule has 1 heterocycles. The molecule has 0 saturated carbocycles. The highest BCUT2D eigenvalue weighted by molar-refractivity contribution is 5.85. The molecule has 2 rings (SSSR count). The fourth-order valence-electron chi connectivity index (χ4n) is 3.22. The first kappa shape index (κ1) is 15.0. The quantitative estimate of drug-likeness (QED) is 0.782. The molecule has 2 aliphatic rings. The van der Waals surface area contributed by atoms with E-state index in [-0.39, 0.29) is 17.6 Å². The summed E-state index contributed by atoms with van der Waals surface area (Å²) in [5, 5.41) is 9.28. The van der Waals surface area contributed by atoms with E-state index in [1.54, 1.807) is 4.90 Å². The fourth-order valence-corrected chi connectivity index (χ4v) is 3.22. The van der Waals surface area contributed by atoms with E-state index in [1.807, 2.05) is 32.9 Å². The van der Waals surface area contributed by atoms with Gasteiger partial charge in [0.05, 0.1) is 23.5 Å². The lowest BCUT2D eigenvalue weighted by Gasteiger charge is -2.43. The van der Waals surface area contributed by atoms with E-state index in [1.165, 1.54) is 0 Å². The molecule has 1 amide bonds. The number of carboxylic acid groups (broad SMARTS) is 1. The molecule has 1 unspecified atom stereocenters. The van der Waals surface area contributed by atoms with Crippen LogP contribution in [0, 0.1) is 11.8 Å². The van der Waals surface area contributed by atoms with Crippen LogP contribution in [0.3, 0.4) is 0 Å². The van der Waals surface area contributed by atoms with Gasteiger partial charge in [-0.3, -0.25) is 9.59 Å². The Hall–Kier alpha value is -1.36. The van der Waals surface area contributed by atoms with Gasteiger partial charge >= 0.3 is 5.97 Å². The molecule has 20 heavy (non-hydrogen) atoms. The molecule has 0 aromatic heterocycles. The minimum atomic E-state index is -0.881. The molecule has 0 bridgehead atoms. The van der Waals surface area contributed by atoms with Crippen molar-refractivity contribution >= 4 is 11.9 Å². The Morgan fingerprint density at radius 1 is 1.25 bits per heavy atom. The van der Waals surface area contributed by atoms with Crippen molar-refractivity contribution in [1.82, 2.24) is 4.90 Å². The van der Waals surface area contributed by atoms with Crippen LogP contribution in [0.1, 0.15) is 33.6 Å². The van der Waals surface area contributed by atoms with E-state index in [4.69, 9.17) is 4.74 Å². The Balaban J connectivity index is 2.13. The van der Waals surface area contributed by atoms with Crippen molar-refractivity contribution in [2.45, 2.75) is 45.3 Å². The average Bonchev–Trinajstić information content (AvgIpc) is 2.35. The maximum atomic E-state index is 12.7. The molecule has 0 aromatic carbocycles. The van der Waals surface area contributed by atoms with Gasteiger partial charge in [0.25, 0.3) is 0 Å². The van der Waals surface area contributed by atoms with Crippen LogP contribution in [0.4, 0.5) is 0 Å². The molecule has 1 fully saturated rings. The van der Waals surface area contributed by atoms with E-state index >= 15 is 0 Å². The van der Waals surface area contributed by atoms with Gasteiger partial charge in [0.2, 0.25) is 5.91 Å². The lowest BCUT2D eigenvalue weighted by molar-refractivity contribution is -0.166. The SMILES string of the molecule is CC1CN(C(=O)[C@@H]2CC=CC[C@@H]2C(=O)O)CC(C)(C)O1. The Morgan fingerprint density at radius 3 is 2.40 bits per heavy atom. The number of morpholine rings is 1. The number of amides is 1. The first-order valence-corrected chi connectivity index (χ1v) is 7.14. The summed E-state index contributed by atoms with van der Waals surface area (Å²) in [6, 6.07) is 0. The summed E-state index contributed by atoms with van der Waals surface area (Å²) < 4.78 is 5.79. The number of hydrogen-bond donors (Lipinski definition) is 1. The Bertz CT molecular complexity index is 430. The molecule has 3 atom stereocenters. The van der Waals surface area contributed by atoms with Crippen molar-refractivity contribution in [2.24, 2.45) is 11.8 Å². The Morgan fingerprint density at radius 2 is 1.85 bits per heavy atom. The zero-order valence-corrected chi connectivity index (χ0v) is 12.3. The second-order valence-electron chi connectivity index (χ2n) is 6.40. The standard InChI is InChI=1S/C15H23NO4/c1-10-8-16(9-15(2,3)20-10)13(17)11-6-4-5-7-12(11)14(18)19/h4-5,10-12H,6-9H2,1-3H3,(H,18,19)/t10?,11-,12+/m1/s1. The molecule has 0 spiro atoms. The van der Waals surface area contributed by atoms with Gasteiger partial charge in [0, 0.05) is 13.1 Å². The molecular formula is C15H23NO4. The van der Waals surface area contributed by atoms with Crippen LogP contribution in [0.15, 0.2) is 12.2 Å². The second-order valence-corrected chi connectivity index (χ2v) is 6.40. The van der Waals surface area contributed by atoms with Crippen LogP contribution in [-0.4, -0.2) is 46.7 Å². The summed E-state index contributed by atoms with van der Waals surface area (Å²) in [4.78, 5) is 25.8. The number of ether oxygens (including phenoxy) is 1. The summed E-state index contributed by atoms with van der Waals surface area (Å²) in [6.07, 6.45) is 4.70. The van der Waals surface area contributed by atoms with Crippen molar-refractivity contribution in [3.8, 4) is 0 Å². The molecule has 5 nitrogen and oxygen atoms in total. The van der Waals surface area contributed by atoms with Gasteiger partial charge in [-0.2, -0.15) is 0 Å². The number of carboxylic acids is 1. The maximum absolute atomic E-state index is 12.7. The van der Waals surface area contributed by atoms with Crippen molar-refractivity contribution in [3.63, 3.8) is 0 Å². The predicted octanol–water partition coefficient (Wildman–Crippen LogP) is 1.68. The summed E-state index contributed by atoms with van der Waals surface area (Å²) in [7, 11) is 0. The molecule has 5 heteroatoms. The van der Waals surface area contributed by atoms with Gasteiger partial charge < -0.3 is 14.7 Å². The summed E-state index contributed by atoms with van der Waals surface area (Å²) >= 11 is 0. The number of carbonyl (C=O) groups is 2. The third kappa shape index (κ3) is 3.20. The average molecular weight is 281 g/mol. The number of aliphatic carboxylic acids is 1. The van der Waals surface area contributed by atoms with Gasteiger partial charge in [-0.15, -0.1) is 0 Å². The maximum Gasteiger partial charge on any atom is 0.307 e. The topological polar surface area (TPSA) is 66.8 Å². The van der Waals surface area contributed by atoms with Crippen molar-refractivity contribution < 1.29 is 19.4 Å². The second kappa shape index (κ2) is 5.56. The lowest BCUT2D eigenvalue weighted by Crippen LogP contribution is -2.56. The molecular weight excluding hydrogens is 258 g/mol. The lowest BCUT2D eigenvalue weighted by atomic mass is 9.81. The van der Waals surface area contributed by atoms with E-state index in [2.05, 4.69) is 0 Å². The highest BCUT2D eigenvalue weighted by Gasteiger charge is 2.40. The van der Waals surface area contributed by atoms with Crippen LogP contribution < -0.4 is 0 Å². The molecule has 1 N–H and O–H groups in total. The summed E-state index contributed by atoms with van der Waals surface area (Å²) in [6.45, 7) is 6.91. The van der Waals surface area contributed by atoms with Crippen LogP contribution in [0.5, 0.6) is 0 Å². The third-order valence-corrected chi connectivity index (χ3v) is 3.95. The first-order chi connectivity index (χ1) is 9.30. The number of nitrogens with zero attached hydrogens (tertiary/aromatic N) is 1. The summed E-state index contributed by atoms with van der Waals surface area (Å²) in [5.74, 6) is -1.98. The Labute approximate surface area is 119 Å². The smallest absolute Gasteiger partial charge is 0.307 e. The highest BCUT2D eigenvalue weighted by Crippen LogP contribution is 2.30. The van der Waals surface area contributed by atoms with E-state index < -0.39 is 17.8 Å². The van der Waals surface area contributed by atoms with Gasteiger partial charge in [0.1, 0.15) is 0 Å². The van der Waals surface area contributed by atoms with Crippen LogP contribution in [-0.2, 0) is 14.3 Å². The third-order valence-electron chi connectivity index (χ3n) is 3.95. The molecule has 0 aromatic rings. The number of hydrogen-bond acceptors (Lipinski definition) is 3. The monoisotopic (exact) mass is 281 g/mol. The van der Waals surface area contributed by atoms with E-state index in [0.29, 0.717) is 25.9 Å². The molecule has 1 saturated heterocycles. The number of allylic oxidation sites excluding steroid dienone is 2. The van der Waals surface area contributed by atoms with Gasteiger partial charge in [-0.25, -0.2) is 0 Å². The zero-order valence-electron chi connectivity index (χ0n) is 12.3. The van der Waals surface area contributed by atoms with Gasteiger partial charge in [-0.05, 0) is 33.6 Å². The molecule has 1 aliphatic heterocycles. The normalized spacial score (nSPS) is 33.0. The number of carbonyl (C=O) groups excluding carboxylic acids is 1. The van der Waals surface area contributed by atoms with Crippen molar-refractivity contribution in [2.75, 3.05) is 13.1 Å². The zero-order chi connectivity index (χ0) is 14.9. The largest absolute Gasteiger partial charge is 0.481 e. The van der Waals surface area contributed by atoms with E-state index in [9.17, 15) is 14.7 Å². The van der Waals surface area contributed by atoms with Gasteiger partial charge in [-0.1, -0.05) is 12.2 Å². The highest BCUT2D eigenvalue weighted by atomic mass is 16.5. The van der Waals surface area contributed by atoms with Gasteiger partial charge in [0.15, 0.2) is 0 Å². The molecule has 0 radical (unpaired) electrons. The minimum Gasteiger partial charge on any atom is -0.481 e. The Kier molecular flexibility index (Phi) is 4.18. The first-order valence-electron chi connectivity index (χ1n) is 7.14. The summed E-state index contributed by atoms with van der Waals surface area (Å²) in [5.41, 5.74) is -0.378. The van der Waals surface area contributed by atoms with Crippen LogP contribution in [0.25, 0.3) is 0 Å². The van der Waals surface area contributed by atoms with Crippen LogP contribution in [0.2, 0.25) is 0 Å². The van der Waals surface area contributed by atoms with Crippen molar-refractivity contribution in [1.29, 1.82) is 0 Å².